The molecule has 0 aliphatic carbocycles. The average Bonchev–Trinajstić information content (AvgIpc) is 2.84. The van der Waals surface area contributed by atoms with Crippen LogP contribution in [-0.2, 0) is 6.42 Å². The van der Waals surface area contributed by atoms with Crippen molar-refractivity contribution in [1.29, 1.82) is 0 Å². The van der Waals surface area contributed by atoms with Crippen molar-refractivity contribution in [3.8, 4) is 0 Å². The fraction of sp³-hybridized carbons (Fsp3) is 0.188. The van der Waals surface area contributed by atoms with E-state index in [1.54, 1.807) is 0 Å². The lowest BCUT2D eigenvalue weighted by Gasteiger charge is -2.08. The standard InChI is InChI=1S/C16H16BrN3.2ClH/c1-10-2-7-14-15(8-10)20-16(19-14)13(18)9-11-3-5-12(17)6-4-11;;/h2-8,13H,9,18H2,1H3,(H,19,20);2*1H/t13-;;/m1../s1. The van der Waals surface area contributed by atoms with Gasteiger partial charge >= 0.3 is 0 Å². The van der Waals surface area contributed by atoms with E-state index in [-0.39, 0.29) is 30.9 Å². The highest BCUT2D eigenvalue weighted by atomic mass is 79.9. The number of imidazole rings is 1. The van der Waals surface area contributed by atoms with Crippen LogP contribution in [0.25, 0.3) is 11.0 Å². The van der Waals surface area contributed by atoms with Crippen LogP contribution in [0.5, 0.6) is 0 Å². The number of halogens is 3. The van der Waals surface area contributed by atoms with Crippen molar-refractivity contribution < 1.29 is 0 Å². The molecule has 3 nitrogen and oxygen atoms in total. The number of H-pyrrole nitrogens is 1. The lowest BCUT2D eigenvalue weighted by atomic mass is 10.1. The van der Waals surface area contributed by atoms with Gasteiger partial charge in [0.15, 0.2) is 0 Å². The highest BCUT2D eigenvalue weighted by Gasteiger charge is 2.12. The first-order valence-electron chi connectivity index (χ1n) is 6.58. The Balaban J connectivity index is 0.00000121. The Hall–Kier alpha value is -1.07. The van der Waals surface area contributed by atoms with Crippen molar-refractivity contribution in [2.45, 2.75) is 19.4 Å². The van der Waals surface area contributed by atoms with Gasteiger partial charge in [-0.3, -0.25) is 0 Å². The van der Waals surface area contributed by atoms with Gasteiger partial charge in [-0.05, 0) is 48.7 Å². The lowest BCUT2D eigenvalue weighted by molar-refractivity contribution is 0.680. The van der Waals surface area contributed by atoms with E-state index in [1.807, 2.05) is 18.2 Å². The Morgan fingerprint density at radius 2 is 1.82 bits per heavy atom. The lowest BCUT2D eigenvalue weighted by Crippen LogP contribution is -2.14. The predicted molar refractivity (Wildman–Crippen MR) is 100 cm³/mol. The van der Waals surface area contributed by atoms with Crippen LogP contribution in [-0.4, -0.2) is 9.97 Å². The zero-order valence-electron chi connectivity index (χ0n) is 12.0. The molecule has 0 saturated heterocycles. The molecular weight excluding hydrogens is 385 g/mol. The Morgan fingerprint density at radius 3 is 2.50 bits per heavy atom. The normalized spacial score (nSPS) is 11.6. The fourth-order valence-electron chi connectivity index (χ4n) is 2.29. The van der Waals surface area contributed by atoms with Crippen LogP contribution in [0.15, 0.2) is 46.9 Å². The molecule has 6 heteroatoms. The van der Waals surface area contributed by atoms with Gasteiger partial charge in [0.25, 0.3) is 0 Å². The van der Waals surface area contributed by atoms with Crippen molar-refractivity contribution in [3.63, 3.8) is 0 Å². The number of aromatic amines is 1. The summed E-state index contributed by atoms with van der Waals surface area (Å²) in [7, 11) is 0. The van der Waals surface area contributed by atoms with Gasteiger partial charge in [-0.2, -0.15) is 0 Å². The Morgan fingerprint density at radius 1 is 1.14 bits per heavy atom. The summed E-state index contributed by atoms with van der Waals surface area (Å²) in [6, 6.07) is 14.3. The number of aryl methyl sites for hydroxylation is 1. The van der Waals surface area contributed by atoms with Gasteiger partial charge in [0.05, 0.1) is 17.1 Å². The molecule has 1 atom stereocenters. The van der Waals surface area contributed by atoms with Crippen LogP contribution in [0.1, 0.15) is 23.0 Å². The van der Waals surface area contributed by atoms with E-state index in [4.69, 9.17) is 5.73 Å². The molecule has 3 rings (SSSR count). The molecule has 22 heavy (non-hydrogen) atoms. The molecule has 0 saturated carbocycles. The second-order valence-corrected chi connectivity index (χ2v) is 6.00. The van der Waals surface area contributed by atoms with Crippen molar-refractivity contribution in [2.24, 2.45) is 5.73 Å². The molecule has 1 aromatic heterocycles. The Labute approximate surface area is 150 Å². The van der Waals surface area contributed by atoms with Crippen LogP contribution in [0.4, 0.5) is 0 Å². The number of hydrogen-bond acceptors (Lipinski definition) is 2. The summed E-state index contributed by atoms with van der Waals surface area (Å²) in [6.45, 7) is 2.07. The van der Waals surface area contributed by atoms with Gasteiger partial charge in [-0.1, -0.05) is 34.1 Å². The quantitative estimate of drug-likeness (QED) is 0.665. The minimum absolute atomic E-state index is 0. The number of aromatic nitrogens is 2. The second-order valence-electron chi connectivity index (χ2n) is 5.08. The SMILES string of the molecule is Cc1ccc2nc([C@H](N)Cc3ccc(Br)cc3)[nH]c2c1.Cl.Cl. The fourth-order valence-corrected chi connectivity index (χ4v) is 2.55. The van der Waals surface area contributed by atoms with Gasteiger partial charge in [0.2, 0.25) is 0 Å². The summed E-state index contributed by atoms with van der Waals surface area (Å²) in [5, 5.41) is 0. The number of rotatable bonds is 3. The number of benzene rings is 2. The van der Waals surface area contributed by atoms with E-state index in [9.17, 15) is 0 Å². The van der Waals surface area contributed by atoms with E-state index < -0.39 is 0 Å². The van der Waals surface area contributed by atoms with E-state index >= 15 is 0 Å². The van der Waals surface area contributed by atoms with Gasteiger partial charge in [-0.15, -0.1) is 24.8 Å². The first-order valence-corrected chi connectivity index (χ1v) is 7.37. The molecule has 2 aromatic carbocycles. The van der Waals surface area contributed by atoms with E-state index in [0.717, 1.165) is 27.8 Å². The van der Waals surface area contributed by atoms with Crippen molar-refractivity contribution in [1.82, 2.24) is 9.97 Å². The summed E-state index contributed by atoms with van der Waals surface area (Å²) in [5.74, 6) is 0.841. The highest BCUT2D eigenvalue weighted by molar-refractivity contribution is 9.10. The monoisotopic (exact) mass is 401 g/mol. The van der Waals surface area contributed by atoms with Gasteiger partial charge in [0, 0.05) is 4.47 Å². The largest absolute Gasteiger partial charge is 0.341 e. The maximum absolute atomic E-state index is 6.26. The minimum atomic E-state index is -0.121. The summed E-state index contributed by atoms with van der Waals surface area (Å²) in [4.78, 5) is 7.90. The third-order valence-corrected chi connectivity index (χ3v) is 3.90. The smallest absolute Gasteiger partial charge is 0.124 e. The van der Waals surface area contributed by atoms with E-state index in [1.165, 1.54) is 11.1 Å². The van der Waals surface area contributed by atoms with Crippen LogP contribution < -0.4 is 5.73 Å². The van der Waals surface area contributed by atoms with Crippen LogP contribution in [0.2, 0.25) is 0 Å². The van der Waals surface area contributed by atoms with Crippen molar-refractivity contribution in [3.05, 3.63) is 63.9 Å². The Bertz CT molecular complexity index is 741. The molecule has 0 radical (unpaired) electrons. The van der Waals surface area contributed by atoms with Crippen molar-refractivity contribution in [2.75, 3.05) is 0 Å². The summed E-state index contributed by atoms with van der Waals surface area (Å²) in [6.07, 6.45) is 0.770. The molecule has 0 amide bonds. The molecule has 3 aromatic rings. The zero-order chi connectivity index (χ0) is 14.1. The molecule has 0 aliphatic rings. The van der Waals surface area contributed by atoms with Crippen LogP contribution in [0.3, 0.4) is 0 Å². The Kier molecular flexibility index (Phi) is 6.88. The number of nitrogens with two attached hydrogens (primary N) is 1. The number of nitrogens with zero attached hydrogens (tertiary/aromatic N) is 1. The molecule has 0 aliphatic heterocycles. The first-order chi connectivity index (χ1) is 9.61. The molecule has 0 unspecified atom stereocenters. The second kappa shape index (κ2) is 7.97. The first kappa shape index (κ1) is 19.0. The van der Waals surface area contributed by atoms with Crippen LogP contribution >= 0.6 is 40.7 Å². The summed E-state index contributed by atoms with van der Waals surface area (Å²) in [5.41, 5.74) is 10.7. The van der Waals surface area contributed by atoms with Gasteiger partial charge in [0.1, 0.15) is 5.82 Å². The number of nitrogens with one attached hydrogen (secondary N) is 1. The highest BCUT2D eigenvalue weighted by Crippen LogP contribution is 2.20. The maximum Gasteiger partial charge on any atom is 0.124 e. The molecule has 118 valence electrons. The number of hydrogen-bond donors (Lipinski definition) is 2. The third-order valence-electron chi connectivity index (χ3n) is 3.38. The topological polar surface area (TPSA) is 54.7 Å². The number of fused-ring (bicyclic) bond motifs is 1. The molecular formula is C16H18BrCl2N3. The molecule has 3 N–H and O–H groups in total. The molecule has 0 bridgehead atoms. The predicted octanol–water partition coefficient (Wildman–Crippen LogP) is 4.72. The minimum Gasteiger partial charge on any atom is -0.341 e. The summed E-state index contributed by atoms with van der Waals surface area (Å²) < 4.78 is 1.08. The van der Waals surface area contributed by atoms with Crippen molar-refractivity contribution >= 4 is 51.8 Å². The van der Waals surface area contributed by atoms with Crippen LogP contribution in [0, 0.1) is 6.92 Å². The molecule has 1 heterocycles. The average molecular weight is 403 g/mol. The summed E-state index contributed by atoms with van der Waals surface area (Å²) >= 11 is 3.44. The zero-order valence-corrected chi connectivity index (χ0v) is 15.3. The van der Waals surface area contributed by atoms with E-state index in [2.05, 4.69) is 57.1 Å². The third kappa shape index (κ3) is 4.23. The molecule has 0 spiro atoms. The van der Waals surface area contributed by atoms with Gasteiger partial charge < -0.3 is 10.7 Å². The maximum atomic E-state index is 6.26. The van der Waals surface area contributed by atoms with Gasteiger partial charge in [-0.25, -0.2) is 4.98 Å². The molecule has 0 fully saturated rings. The van der Waals surface area contributed by atoms with E-state index in [0.29, 0.717) is 0 Å².